The first-order chi connectivity index (χ1) is 11.1. The van der Waals surface area contributed by atoms with E-state index in [1.807, 2.05) is 36.2 Å². The second kappa shape index (κ2) is 5.64. The molecular weight excluding hydrogens is 290 g/mol. The Morgan fingerprint density at radius 1 is 1.17 bits per heavy atom. The maximum atomic E-state index is 13.1. The maximum Gasteiger partial charge on any atom is 0.230 e. The van der Waals surface area contributed by atoms with E-state index in [4.69, 9.17) is 0 Å². The van der Waals surface area contributed by atoms with E-state index in [2.05, 4.69) is 10.6 Å². The first-order valence-electron chi connectivity index (χ1n) is 8.53. The minimum atomic E-state index is -0.350. The minimum Gasteiger partial charge on any atom is -0.342 e. The Hall–Kier alpha value is -1.88. The van der Waals surface area contributed by atoms with Gasteiger partial charge in [-0.1, -0.05) is 18.2 Å². The van der Waals surface area contributed by atoms with Crippen LogP contribution in [0.15, 0.2) is 24.3 Å². The fourth-order valence-electron chi connectivity index (χ4n) is 4.40. The second-order valence-corrected chi connectivity index (χ2v) is 7.10. The van der Waals surface area contributed by atoms with Gasteiger partial charge in [0.25, 0.3) is 0 Å². The van der Waals surface area contributed by atoms with Crippen LogP contribution in [0.5, 0.6) is 0 Å². The zero-order chi connectivity index (χ0) is 16.0. The highest BCUT2D eigenvalue weighted by molar-refractivity contribution is 6.01. The standard InChI is InChI=1S/C18H23N3O2/c1-21(13-8-11-6-7-12(9-13)19-11)18(23)15-10-17(22)20-16-5-3-2-4-14(15)16/h2-5,11-13,15,19H,6-10H2,1H3,(H,20,22). The Balaban J connectivity index is 1.55. The molecule has 23 heavy (non-hydrogen) atoms. The fraction of sp³-hybridized carbons (Fsp3) is 0.556. The molecule has 3 heterocycles. The number of rotatable bonds is 2. The van der Waals surface area contributed by atoms with Gasteiger partial charge in [-0.15, -0.1) is 0 Å². The van der Waals surface area contributed by atoms with E-state index in [0.29, 0.717) is 18.1 Å². The van der Waals surface area contributed by atoms with Crippen molar-refractivity contribution < 1.29 is 9.59 Å². The Morgan fingerprint density at radius 3 is 2.61 bits per heavy atom. The number of anilines is 1. The SMILES string of the molecule is CN(C(=O)C1CC(=O)Nc2ccccc21)C1CC2CCC(C1)N2. The molecule has 5 heteroatoms. The Bertz CT molecular complexity index is 633. The van der Waals surface area contributed by atoms with Crippen molar-refractivity contribution in [3.63, 3.8) is 0 Å². The summed E-state index contributed by atoms with van der Waals surface area (Å²) in [7, 11) is 1.91. The van der Waals surface area contributed by atoms with Crippen LogP contribution in [0.3, 0.4) is 0 Å². The summed E-state index contributed by atoms with van der Waals surface area (Å²) in [4.78, 5) is 26.9. The number of likely N-dealkylation sites (N-methyl/N-ethyl adjacent to an activating group) is 1. The lowest BCUT2D eigenvalue weighted by molar-refractivity contribution is -0.136. The number of nitrogens with one attached hydrogen (secondary N) is 2. The predicted octanol–water partition coefficient (Wildman–Crippen LogP) is 1.85. The van der Waals surface area contributed by atoms with Gasteiger partial charge in [0.05, 0.1) is 5.92 Å². The summed E-state index contributed by atoms with van der Waals surface area (Å²) in [5, 5.41) is 6.48. The van der Waals surface area contributed by atoms with Crippen molar-refractivity contribution >= 4 is 17.5 Å². The maximum absolute atomic E-state index is 13.1. The van der Waals surface area contributed by atoms with Crippen LogP contribution in [0.2, 0.25) is 0 Å². The van der Waals surface area contributed by atoms with E-state index in [1.54, 1.807) is 0 Å². The molecule has 2 bridgehead atoms. The van der Waals surface area contributed by atoms with Crippen LogP contribution >= 0.6 is 0 Å². The number of amides is 2. The molecule has 1 aromatic carbocycles. The minimum absolute atomic E-state index is 0.0687. The second-order valence-electron chi connectivity index (χ2n) is 7.10. The van der Waals surface area contributed by atoms with Crippen molar-refractivity contribution in [1.82, 2.24) is 10.2 Å². The average molecular weight is 313 g/mol. The summed E-state index contributed by atoms with van der Waals surface area (Å²) in [5.41, 5.74) is 1.72. The molecule has 3 atom stereocenters. The highest BCUT2D eigenvalue weighted by Gasteiger charge is 2.39. The van der Waals surface area contributed by atoms with Gasteiger partial charge < -0.3 is 15.5 Å². The molecule has 2 amide bonds. The molecule has 1 aromatic rings. The van der Waals surface area contributed by atoms with Crippen LogP contribution in [0.25, 0.3) is 0 Å². The smallest absolute Gasteiger partial charge is 0.230 e. The quantitative estimate of drug-likeness (QED) is 0.876. The number of fused-ring (bicyclic) bond motifs is 3. The summed E-state index contributed by atoms with van der Waals surface area (Å²) in [5.74, 6) is -0.336. The number of carbonyl (C=O) groups is 2. The van der Waals surface area contributed by atoms with Crippen LogP contribution in [0, 0.1) is 0 Å². The van der Waals surface area contributed by atoms with Crippen LogP contribution in [0.4, 0.5) is 5.69 Å². The summed E-state index contributed by atoms with van der Waals surface area (Å²) >= 11 is 0. The Morgan fingerprint density at radius 2 is 1.87 bits per heavy atom. The molecule has 0 aliphatic carbocycles. The van der Waals surface area contributed by atoms with Crippen molar-refractivity contribution in [2.24, 2.45) is 0 Å². The van der Waals surface area contributed by atoms with E-state index in [1.165, 1.54) is 12.8 Å². The van der Waals surface area contributed by atoms with Gasteiger partial charge in [0, 0.05) is 37.3 Å². The lowest BCUT2D eigenvalue weighted by Crippen LogP contribution is -2.50. The molecule has 122 valence electrons. The monoisotopic (exact) mass is 313 g/mol. The zero-order valence-electron chi connectivity index (χ0n) is 13.4. The molecule has 0 aromatic heterocycles. The van der Waals surface area contributed by atoms with Gasteiger partial charge in [-0.2, -0.15) is 0 Å². The summed E-state index contributed by atoms with van der Waals surface area (Å²) in [6.07, 6.45) is 4.74. The van der Waals surface area contributed by atoms with E-state index in [-0.39, 0.29) is 24.2 Å². The van der Waals surface area contributed by atoms with Gasteiger partial charge in [0.1, 0.15) is 0 Å². The van der Waals surface area contributed by atoms with E-state index in [0.717, 1.165) is 24.1 Å². The van der Waals surface area contributed by atoms with Gasteiger partial charge in [-0.25, -0.2) is 0 Å². The number of para-hydroxylation sites is 1. The summed E-state index contributed by atoms with van der Waals surface area (Å²) in [6, 6.07) is 9.04. The van der Waals surface area contributed by atoms with Crippen LogP contribution < -0.4 is 10.6 Å². The van der Waals surface area contributed by atoms with Crippen molar-refractivity contribution in [2.75, 3.05) is 12.4 Å². The molecule has 3 aliphatic heterocycles. The molecule has 4 rings (SSSR count). The van der Waals surface area contributed by atoms with Crippen molar-refractivity contribution in [2.45, 2.75) is 56.1 Å². The molecule has 2 N–H and O–H groups in total. The predicted molar refractivity (Wildman–Crippen MR) is 88.2 cm³/mol. The third-order valence-electron chi connectivity index (χ3n) is 5.64. The molecule has 0 saturated carbocycles. The van der Waals surface area contributed by atoms with Gasteiger partial charge in [-0.05, 0) is 37.3 Å². The summed E-state index contributed by atoms with van der Waals surface area (Å²) in [6.45, 7) is 0. The number of hydrogen-bond acceptors (Lipinski definition) is 3. The molecule has 5 nitrogen and oxygen atoms in total. The topological polar surface area (TPSA) is 61.4 Å². The third-order valence-corrected chi connectivity index (χ3v) is 5.64. The first kappa shape index (κ1) is 14.7. The molecule has 0 radical (unpaired) electrons. The summed E-state index contributed by atoms with van der Waals surface area (Å²) < 4.78 is 0. The largest absolute Gasteiger partial charge is 0.342 e. The normalized spacial score (nSPS) is 32.1. The molecule has 0 spiro atoms. The van der Waals surface area contributed by atoms with E-state index in [9.17, 15) is 9.59 Å². The number of carbonyl (C=O) groups excluding carboxylic acids is 2. The molecule has 3 aliphatic rings. The van der Waals surface area contributed by atoms with E-state index >= 15 is 0 Å². The molecule has 3 unspecified atom stereocenters. The highest BCUT2D eigenvalue weighted by atomic mass is 16.2. The third kappa shape index (κ3) is 2.63. The van der Waals surface area contributed by atoms with Gasteiger partial charge in [0.15, 0.2) is 0 Å². The van der Waals surface area contributed by atoms with Crippen LogP contribution in [0.1, 0.15) is 43.6 Å². The molecule has 2 fully saturated rings. The fourth-order valence-corrected chi connectivity index (χ4v) is 4.40. The number of benzene rings is 1. The van der Waals surface area contributed by atoms with Crippen molar-refractivity contribution in [3.05, 3.63) is 29.8 Å². The lowest BCUT2D eigenvalue weighted by atomic mass is 9.88. The number of hydrogen-bond donors (Lipinski definition) is 2. The molecular formula is C18H23N3O2. The van der Waals surface area contributed by atoms with Gasteiger partial charge in [-0.3, -0.25) is 9.59 Å². The lowest BCUT2D eigenvalue weighted by Gasteiger charge is -2.38. The van der Waals surface area contributed by atoms with Crippen molar-refractivity contribution in [1.29, 1.82) is 0 Å². The van der Waals surface area contributed by atoms with E-state index < -0.39 is 0 Å². The highest BCUT2D eigenvalue weighted by Crippen LogP contribution is 2.35. The zero-order valence-corrected chi connectivity index (χ0v) is 13.4. The number of piperidine rings is 1. The van der Waals surface area contributed by atoms with Crippen molar-refractivity contribution in [3.8, 4) is 0 Å². The average Bonchev–Trinajstić information content (AvgIpc) is 2.90. The Kier molecular flexibility index (Phi) is 3.60. The molecule has 2 saturated heterocycles. The Labute approximate surface area is 136 Å². The number of nitrogens with zero attached hydrogens (tertiary/aromatic N) is 1. The van der Waals surface area contributed by atoms with Gasteiger partial charge >= 0.3 is 0 Å². The van der Waals surface area contributed by atoms with Crippen LogP contribution in [-0.4, -0.2) is 41.9 Å². The van der Waals surface area contributed by atoms with Crippen LogP contribution in [-0.2, 0) is 9.59 Å². The van der Waals surface area contributed by atoms with Gasteiger partial charge in [0.2, 0.25) is 11.8 Å². The first-order valence-corrected chi connectivity index (χ1v) is 8.53.